The number of aromatic amines is 1. The molecule has 0 saturated heterocycles. The van der Waals surface area contributed by atoms with Crippen molar-refractivity contribution in [2.75, 3.05) is 6.54 Å². The number of H-pyrrole nitrogens is 1. The molecule has 3 rings (SSSR count). The largest absolute Gasteiger partial charge is 0.358 e. The molecule has 0 saturated carbocycles. The van der Waals surface area contributed by atoms with E-state index in [0.717, 1.165) is 30.7 Å². The normalized spacial score (nSPS) is 13.9. The summed E-state index contributed by atoms with van der Waals surface area (Å²) in [7, 11) is 0. The highest BCUT2D eigenvalue weighted by atomic mass is 35.5. The summed E-state index contributed by atoms with van der Waals surface area (Å²) in [4.78, 5) is 6.89. The predicted molar refractivity (Wildman–Crippen MR) is 67.2 cm³/mol. The minimum absolute atomic E-state index is 0. The number of hydrogen-bond donors (Lipinski definition) is 2. The van der Waals surface area contributed by atoms with Gasteiger partial charge in [-0.15, -0.1) is 12.4 Å². The van der Waals surface area contributed by atoms with E-state index in [4.69, 9.17) is 6.57 Å². The molecule has 0 spiro atoms. The lowest BCUT2D eigenvalue weighted by atomic mass is 10.1. The molecule has 1 aromatic carbocycles. The Morgan fingerprint density at radius 1 is 1.31 bits per heavy atom. The molecule has 2 heterocycles. The number of hydrogen-bond acceptors (Lipinski definition) is 1. The standard InChI is InChI=1S/C12H11N3.ClH/c1-13-8-2-3-11-9(6-8)10-7-14-5-4-12(10)15-11;/h2-3,6,14-15H,4-5,7H2;1H. The Hall–Kier alpha value is -1.50. The Morgan fingerprint density at radius 3 is 3.00 bits per heavy atom. The monoisotopic (exact) mass is 233 g/mol. The number of halogens is 1. The van der Waals surface area contributed by atoms with E-state index in [1.54, 1.807) is 0 Å². The zero-order valence-electron chi connectivity index (χ0n) is 8.71. The van der Waals surface area contributed by atoms with Crippen LogP contribution in [0.1, 0.15) is 11.3 Å². The average Bonchev–Trinajstić information content (AvgIpc) is 2.66. The third-order valence-electron chi connectivity index (χ3n) is 2.96. The van der Waals surface area contributed by atoms with Crippen LogP contribution in [-0.2, 0) is 13.0 Å². The van der Waals surface area contributed by atoms with Gasteiger partial charge in [0.05, 0.1) is 6.57 Å². The van der Waals surface area contributed by atoms with Crippen LogP contribution in [-0.4, -0.2) is 11.5 Å². The van der Waals surface area contributed by atoms with Crippen molar-refractivity contribution in [2.45, 2.75) is 13.0 Å². The first-order valence-electron chi connectivity index (χ1n) is 5.10. The molecule has 2 N–H and O–H groups in total. The molecule has 1 aliphatic rings. The molecular formula is C12H12ClN3. The lowest BCUT2D eigenvalue weighted by Gasteiger charge is -2.12. The predicted octanol–water partition coefficient (Wildman–Crippen LogP) is 2.79. The molecular weight excluding hydrogens is 222 g/mol. The lowest BCUT2D eigenvalue weighted by Crippen LogP contribution is -2.22. The molecule has 4 heteroatoms. The van der Waals surface area contributed by atoms with Gasteiger partial charge in [-0.1, -0.05) is 6.07 Å². The van der Waals surface area contributed by atoms with Crippen LogP contribution in [0.2, 0.25) is 0 Å². The van der Waals surface area contributed by atoms with Gasteiger partial charge in [0.2, 0.25) is 0 Å². The second-order valence-electron chi connectivity index (χ2n) is 3.85. The summed E-state index contributed by atoms with van der Waals surface area (Å²) in [5, 5.41) is 4.56. The van der Waals surface area contributed by atoms with Gasteiger partial charge in [-0.05, 0) is 23.1 Å². The number of rotatable bonds is 0. The molecule has 2 aromatic rings. The van der Waals surface area contributed by atoms with Gasteiger partial charge in [0.25, 0.3) is 0 Å². The first-order chi connectivity index (χ1) is 7.38. The Bertz CT molecular complexity index is 565. The van der Waals surface area contributed by atoms with E-state index >= 15 is 0 Å². The minimum atomic E-state index is 0. The molecule has 0 radical (unpaired) electrons. The zero-order chi connectivity index (χ0) is 10.3. The van der Waals surface area contributed by atoms with Gasteiger partial charge >= 0.3 is 0 Å². The van der Waals surface area contributed by atoms with Crippen molar-refractivity contribution in [3.05, 3.63) is 40.9 Å². The highest BCUT2D eigenvalue weighted by Gasteiger charge is 2.14. The summed E-state index contributed by atoms with van der Waals surface area (Å²) < 4.78 is 0. The van der Waals surface area contributed by atoms with Crippen molar-refractivity contribution < 1.29 is 0 Å². The van der Waals surface area contributed by atoms with Crippen molar-refractivity contribution in [3.8, 4) is 0 Å². The molecule has 0 aliphatic carbocycles. The van der Waals surface area contributed by atoms with Crippen molar-refractivity contribution >= 4 is 29.0 Å². The quantitative estimate of drug-likeness (QED) is 0.674. The van der Waals surface area contributed by atoms with Crippen LogP contribution in [0.5, 0.6) is 0 Å². The molecule has 82 valence electrons. The molecule has 0 fully saturated rings. The Labute approximate surface area is 100 Å². The third kappa shape index (κ3) is 1.57. The Balaban J connectivity index is 0.000000963. The maximum atomic E-state index is 7.01. The van der Waals surface area contributed by atoms with Gasteiger partial charge in [0.1, 0.15) is 0 Å². The molecule has 16 heavy (non-hydrogen) atoms. The summed E-state index contributed by atoms with van der Waals surface area (Å²) in [6, 6.07) is 5.84. The fourth-order valence-electron chi connectivity index (χ4n) is 2.20. The van der Waals surface area contributed by atoms with Gasteiger partial charge in [0.15, 0.2) is 5.69 Å². The van der Waals surface area contributed by atoms with E-state index in [2.05, 4.69) is 15.1 Å². The van der Waals surface area contributed by atoms with E-state index in [9.17, 15) is 0 Å². The highest BCUT2D eigenvalue weighted by molar-refractivity contribution is 5.88. The van der Waals surface area contributed by atoms with Crippen LogP contribution in [0.15, 0.2) is 18.2 Å². The van der Waals surface area contributed by atoms with Crippen LogP contribution in [0, 0.1) is 6.57 Å². The van der Waals surface area contributed by atoms with E-state index in [-0.39, 0.29) is 12.4 Å². The fourth-order valence-corrected chi connectivity index (χ4v) is 2.20. The number of nitrogens with zero attached hydrogens (tertiary/aromatic N) is 1. The number of aromatic nitrogens is 1. The molecule has 3 nitrogen and oxygen atoms in total. The second-order valence-corrected chi connectivity index (χ2v) is 3.85. The van der Waals surface area contributed by atoms with Gasteiger partial charge < -0.3 is 10.3 Å². The van der Waals surface area contributed by atoms with Crippen molar-refractivity contribution in [2.24, 2.45) is 0 Å². The van der Waals surface area contributed by atoms with E-state index in [0.29, 0.717) is 0 Å². The Morgan fingerprint density at radius 2 is 2.19 bits per heavy atom. The first-order valence-corrected chi connectivity index (χ1v) is 5.10. The number of fused-ring (bicyclic) bond motifs is 3. The molecule has 1 aliphatic heterocycles. The summed E-state index contributed by atoms with van der Waals surface area (Å²) >= 11 is 0. The van der Waals surface area contributed by atoms with Gasteiger partial charge in [0, 0.05) is 30.7 Å². The van der Waals surface area contributed by atoms with E-state index in [1.165, 1.54) is 16.6 Å². The summed E-state index contributed by atoms with van der Waals surface area (Å²) in [5.74, 6) is 0. The van der Waals surface area contributed by atoms with E-state index in [1.807, 2.05) is 18.2 Å². The number of benzene rings is 1. The Kier molecular flexibility index (Phi) is 2.86. The third-order valence-corrected chi connectivity index (χ3v) is 2.96. The van der Waals surface area contributed by atoms with Gasteiger partial charge in [-0.25, -0.2) is 4.85 Å². The van der Waals surface area contributed by atoms with Crippen LogP contribution >= 0.6 is 12.4 Å². The van der Waals surface area contributed by atoms with Crippen molar-refractivity contribution in [3.63, 3.8) is 0 Å². The maximum Gasteiger partial charge on any atom is 0.188 e. The van der Waals surface area contributed by atoms with E-state index < -0.39 is 0 Å². The maximum absolute atomic E-state index is 7.01. The number of nitrogens with one attached hydrogen (secondary N) is 2. The summed E-state index contributed by atoms with van der Waals surface area (Å²) in [5.41, 5.74) is 4.53. The zero-order valence-corrected chi connectivity index (χ0v) is 9.53. The SMILES string of the molecule is Cl.[C-]#[N+]c1ccc2[nH]c3c(c2c1)CNCC3. The first kappa shape index (κ1) is 11.0. The van der Waals surface area contributed by atoms with Crippen LogP contribution in [0.4, 0.5) is 5.69 Å². The molecule has 1 aromatic heterocycles. The van der Waals surface area contributed by atoms with Gasteiger partial charge in [-0.2, -0.15) is 0 Å². The van der Waals surface area contributed by atoms with Gasteiger partial charge in [-0.3, -0.25) is 0 Å². The molecule has 0 atom stereocenters. The van der Waals surface area contributed by atoms with Crippen LogP contribution in [0.3, 0.4) is 0 Å². The summed E-state index contributed by atoms with van der Waals surface area (Å²) in [6.45, 7) is 8.96. The second kappa shape index (κ2) is 4.17. The average molecular weight is 234 g/mol. The smallest absolute Gasteiger partial charge is 0.188 e. The lowest BCUT2D eigenvalue weighted by molar-refractivity contribution is 0.641. The summed E-state index contributed by atoms with van der Waals surface area (Å²) in [6.07, 6.45) is 1.05. The molecule has 0 unspecified atom stereocenters. The highest BCUT2D eigenvalue weighted by Crippen LogP contribution is 2.28. The topological polar surface area (TPSA) is 32.2 Å². The molecule has 0 amide bonds. The minimum Gasteiger partial charge on any atom is -0.358 e. The van der Waals surface area contributed by atoms with Crippen molar-refractivity contribution in [1.29, 1.82) is 0 Å². The van der Waals surface area contributed by atoms with Crippen LogP contribution in [0.25, 0.3) is 15.7 Å². The van der Waals surface area contributed by atoms with Crippen LogP contribution < -0.4 is 5.32 Å². The fraction of sp³-hybridized carbons (Fsp3) is 0.250. The molecule has 0 bridgehead atoms. The van der Waals surface area contributed by atoms with Crippen molar-refractivity contribution in [1.82, 2.24) is 10.3 Å².